The van der Waals surface area contributed by atoms with Gasteiger partial charge in [0.05, 0.1) is 6.54 Å². The second-order valence-corrected chi connectivity index (χ2v) is 6.88. The molecule has 0 aliphatic carbocycles. The first-order valence-corrected chi connectivity index (χ1v) is 7.52. The molecule has 0 saturated heterocycles. The molecule has 0 radical (unpaired) electrons. The molecule has 0 heterocycles. The zero-order valence-electron chi connectivity index (χ0n) is 11.6. The van der Waals surface area contributed by atoms with Gasteiger partial charge in [-0.1, -0.05) is 13.8 Å². The van der Waals surface area contributed by atoms with Crippen LogP contribution in [0.1, 0.15) is 13.8 Å². The molecule has 0 saturated carbocycles. The van der Waals surface area contributed by atoms with Gasteiger partial charge >= 0.3 is 0 Å². The third kappa shape index (κ3) is 4.11. The third-order valence-corrected chi connectivity index (χ3v) is 4.35. The highest BCUT2D eigenvalue weighted by Gasteiger charge is 2.31. The van der Waals surface area contributed by atoms with Crippen molar-refractivity contribution < 1.29 is 22.0 Å². The molecule has 0 fully saturated rings. The highest BCUT2D eigenvalue weighted by Crippen LogP contribution is 2.24. The molecule has 4 N–H and O–H groups in total. The predicted octanol–water partition coefficient (Wildman–Crippen LogP) is 0.679. The quantitative estimate of drug-likeness (QED) is 0.751. The van der Waals surface area contributed by atoms with Crippen molar-refractivity contribution in [2.45, 2.75) is 18.7 Å². The molecule has 0 aromatic heterocycles. The number of hydrogen-bond donors (Lipinski definition) is 2. The number of amides is 1. The Labute approximate surface area is 121 Å². The number of sulfonamides is 1. The number of carbonyl (C=O) groups is 1. The average Bonchev–Trinajstić information content (AvgIpc) is 2.31. The van der Waals surface area contributed by atoms with Gasteiger partial charge in [0.1, 0.15) is 4.90 Å². The first-order valence-electron chi connectivity index (χ1n) is 6.08. The number of nitrogens with zero attached hydrogens (tertiary/aromatic N) is 1. The molecule has 1 rings (SSSR count). The number of rotatable bonds is 6. The minimum atomic E-state index is -4.43. The van der Waals surface area contributed by atoms with Crippen molar-refractivity contribution in [2.75, 3.05) is 18.8 Å². The fourth-order valence-corrected chi connectivity index (χ4v) is 3.42. The van der Waals surface area contributed by atoms with E-state index in [0.717, 1.165) is 6.07 Å². The summed E-state index contributed by atoms with van der Waals surface area (Å²) in [7, 11) is -4.43. The second-order valence-electron chi connectivity index (χ2n) is 4.97. The summed E-state index contributed by atoms with van der Waals surface area (Å²) in [5.74, 6) is -3.96. The minimum absolute atomic E-state index is 0.0683. The van der Waals surface area contributed by atoms with Crippen molar-refractivity contribution in [2.24, 2.45) is 11.7 Å². The molecule has 0 aliphatic heterocycles. The van der Waals surface area contributed by atoms with Crippen molar-refractivity contribution in [1.29, 1.82) is 0 Å². The van der Waals surface area contributed by atoms with E-state index in [1.807, 2.05) is 0 Å². The highest BCUT2D eigenvalue weighted by atomic mass is 32.2. The summed E-state index contributed by atoms with van der Waals surface area (Å²) < 4.78 is 52.6. The van der Waals surface area contributed by atoms with E-state index >= 15 is 0 Å². The molecule has 118 valence electrons. The minimum Gasteiger partial charge on any atom is -0.399 e. The van der Waals surface area contributed by atoms with Crippen molar-refractivity contribution in [3.05, 3.63) is 23.8 Å². The molecule has 6 nitrogen and oxygen atoms in total. The van der Waals surface area contributed by atoms with Crippen molar-refractivity contribution in [3.63, 3.8) is 0 Å². The molecule has 9 heteroatoms. The zero-order chi connectivity index (χ0) is 16.4. The van der Waals surface area contributed by atoms with Gasteiger partial charge in [-0.25, -0.2) is 17.2 Å². The summed E-state index contributed by atoms with van der Waals surface area (Å²) in [6.45, 7) is 2.72. The molecule has 0 spiro atoms. The molecule has 1 aromatic rings. The van der Waals surface area contributed by atoms with Crippen LogP contribution in [0.4, 0.5) is 14.5 Å². The maximum Gasteiger partial charge on any atom is 0.246 e. The Morgan fingerprint density at radius 3 is 2.38 bits per heavy atom. The van der Waals surface area contributed by atoms with Gasteiger partial charge in [-0.3, -0.25) is 4.79 Å². The SMILES string of the molecule is CC(C)CN(CC(N)=O)S(=O)(=O)c1cc(N)cc(F)c1F. The number of carbonyl (C=O) groups excluding carboxylic acids is 1. The van der Waals surface area contributed by atoms with Crippen LogP contribution in [0.15, 0.2) is 17.0 Å². The Bertz CT molecular complexity index is 647. The van der Waals surface area contributed by atoms with Crippen molar-refractivity contribution in [3.8, 4) is 0 Å². The molecule has 1 amide bonds. The van der Waals surface area contributed by atoms with Gasteiger partial charge in [-0.05, 0) is 18.1 Å². The van der Waals surface area contributed by atoms with Crippen LogP contribution in [0.5, 0.6) is 0 Å². The fraction of sp³-hybridized carbons (Fsp3) is 0.417. The van der Waals surface area contributed by atoms with Crippen molar-refractivity contribution >= 4 is 21.6 Å². The lowest BCUT2D eigenvalue weighted by atomic mass is 10.2. The van der Waals surface area contributed by atoms with E-state index < -0.39 is 39.0 Å². The van der Waals surface area contributed by atoms with Crippen LogP contribution in [0.2, 0.25) is 0 Å². The molecule has 0 atom stereocenters. The monoisotopic (exact) mass is 321 g/mol. The summed E-state index contributed by atoms with van der Waals surface area (Å²) >= 11 is 0. The zero-order valence-corrected chi connectivity index (χ0v) is 12.5. The smallest absolute Gasteiger partial charge is 0.246 e. The number of benzene rings is 1. The summed E-state index contributed by atoms with van der Waals surface area (Å²) in [6, 6.07) is 1.48. The predicted molar refractivity (Wildman–Crippen MR) is 73.6 cm³/mol. The van der Waals surface area contributed by atoms with Gasteiger partial charge in [0.15, 0.2) is 11.6 Å². The Morgan fingerprint density at radius 1 is 1.33 bits per heavy atom. The number of nitrogen functional groups attached to an aromatic ring is 1. The van der Waals surface area contributed by atoms with Crippen LogP contribution in [0, 0.1) is 17.6 Å². The van der Waals surface area contributed by atoms with E-state index in [2.05, 4.69) is 0 Å². The van der Waals surface area contributed by atoms with Gasteiger partial charge in [-0.15, -0.1) is 0 Å². The second kappa shape index (κ2) is 6.35. The first kappa shape index (κ1) is 17.3. The standard InChI is InChI=1S/C12H17F2N3O3S/c1-7(2)5-17(6-11(16)18)21(19,20)10-4-8(15)3-9(13)12(10)14/h3-4,7H,5-6,15H2,1-2H3,(H2,16,18). The molecular formula is C12H17F2N3O3S. The molecule has 0 aliphatic rings. The van der Waals surface area contributed by atoms with Gasteiger partial charge in [0.25, 0.3) is 0 Å². The van der Waals surface area contributed by atoms with E-state index in [4.69, 9.17) is 11.5 Å². The lowest BCUT2D eigenvalue weighted by Gasteiger charge is -2.23. The molecule has 0 bridgehead atoms. The van der Waals surface area contributed by atoms with Crippen LogP contribution in [-0.2, 0) is 14.8 Å². The van der Waals surface area contributed by atoms with Gasteiger partial charge in [0, 0.05) is 12.2 Å². The summed E-state index contributed by atoms with van der Waals surface area (Å²) in [6.07, 6.45) is 0. The van der Waals surface area contributed by atoms with Gasteiger partial charge in [-0.2, -0.15) is 4.31 Å². The summed E-state index contributed by atoms with van der Waals surface area (Å²) in [4.78, 5) is 10.1. The number of anilines is 1. The van der Waals surface area contributed by atoms with Gasteiger partial charge in [0.2, 0.25) is 15.9 Å². The van der Waals surface area contributed by atoms with E-state index in [1.54, 1.807) is 13.8 Å². The summed E-state index contributed by atoms with van der Waals surface area (Å²) in [5.41, 5.74) is 10.1. The number of nitrogens with two attached hydrogens (primary N) is 2. The van der Waals surface area contributed by atoms with E-state index in [1.165, 1.54) is 0 Å². The maximum absolute atomic E-state index is 13.8. The molecule has 1 aromatic carbocycles. The average molecular weight is 321 g/mol. The van der Waals surface area contributed by atoms with Gasteiger partial charge < -0.3 is 11.5 Å². The van der Waals surface area contributed by atoms with E-state index in [0.29, 0.717) is 10.4 Å². The van der Waals surface area contributed by atoms with E-state index in [-0.39, 0.29) is 18.2 Å². The fourth-order valence-electron chi connectivity index (χ4n) is 1.74. The summed E-state index contributed by atoms with van der Waals surface area (Å²) in [5, 5.41) is 0. The molecule has 0 unspecified atom stereocenters. The van der Waals surface area contributed by atoms with Crippen LogP contribution < -0.4 is 11.5 Å². The number of hydrogen-bond acceptors (Lipinski definition) is 4. The topological polar surface area (TPSA) is 106 Å². The van der Waals surface area contributed by atoms with Crippen LogP contribution in [0.25, 0.3) is 0 Å². The lowest BCUT2D eigenvalue weighted by molar-refractivity contribution is -0.118. The Hall–Kier alpha value is -1.74. The van der Waals surface area contributed by atoms with Crippen LogP contribution in [-0.4, -0.2) is 31.7 Å². The van der Waals surface area contributed by atoms with Crippen molar-refractivity contribution in [1.82, 2.24) is 4.31 Å². The Morgan fingerprint density at radius 2 is 1.90 bits per heavy atom. The maximum atomic E-state index is 13.8. The highest BCUT2D eigenvalue weighted by molar-refractivity contribution is 7.89. The molecule has 21 heavy (non-hydrogen) atoms. The lowest BCUT2D eigenvalue weighted by Crippen LogP contribution is -2.40. The largest absolute Gasteiger partial charge is 0.399 e. The third-order valence-electron chi connectivity index (χ3n) is 2.54. The Kier molecular flexibility index (Phi) is 5.24. The Balaban J connectivity index is 3.38. The van der Waals surface area contributed by atoms with E-state index in [9.17, 15) is 22.0 Å². The number of primary amides is 1. The normalized spacial score (nSPS) is 12.1. The van der Waals surface area contributed by atoms with Crippen LogP contribution in [0.3, 0.4) is 0 Å². The van der Waals surface area contributed by atoms with Crippen LogP contribution >= 0.6 is 0 Å². The molecular weight excluding hydrogens is 304 g/mol. The number of halogens is 2. The first-order chi connectivity index (χ1) is 9.55.